The Kier molecular flexibility index (Phi) is 37.5. The monoisotopic (exact) mass is 1360 g/mol. The van der Waals surface area contributed by atoms with Crippen LogP contribution in [0.1, 0.15) is 183 Å². The second-order valence-corrected chi connectivity index (χ2v) is 30.6. The van der Waals surface area contributed by atoms with E-state index >= 15 is 28.8 Å². The molecule has 0 aromatic rings. The predicted octanol–water partition coefficient (Wildman–Crippen LogP) is 3.95. The lowest BCUT2D eigenvalue weighted by atomic mass is 9.90. The molecule has 1 rings (SSSR count). The number of unbranched alkanes of at least 4 members (excludes halogenated alkanes) is 1. The van der Waals surface area contributed by atoms with Crippen molar-refractivity contribution in [2.45, 2.75) is 255 Å². The highest BCUT2D eigenvalue weighted by Crippen LogP contribution is 2.26. The van der Waals surface area contributed by atoms with E-state index in [1.165, 1.54) is 87.7 Å². The van der Waals surface area contributed by atoms with Crippen molar-refractivity contribution in [3.8, 4) is 0 Å². The average Bonchev–Trinajstić information content (AvgIpc) is 0.881. The van der Waals surface area contributed by atoms with Gasteiger partial charge in [-0.15, -0.1) is 0 Å². The molecule has 25 nitrogen and oxygen atoms in total. The van der Waals surface area contributed by atoms with Crippen LogP contribution in [0.5, 0.6) is 0 Å². The summed E-state index contributed by atoms with van der Waals surface area (Å²) in [5.41, 5.74) is 0. The second kappa shape index (κ2) is 40.8. The minimum absolute atomic E-state index is 0.0515. The maximum Gasteiger partial charge on any atom is 0.246 e. The summed E-state index contributed by atoms with van der Waals surface area (Å²) in [7, 11) is 8.15. The van der Waals surface area contributed by atoms with Crippen LogP contribution in [-0.4, -0.2) is 267 Å². The average molecular weight is 1370 g/mol. The molecule has 14 atom stereocenters. The highest BCUT2D eigenvalue weighted by Gasteiger charge is 2.47. The fourth-order valence-electron chi connectivity index (χ4n) is 12.2. The van der Waals surface area contributed by atoms with E-state index in [-0.39, 0.29) is 67.3 Å². The van der Waals surface area contributed by atoms with Gasteiger partial charge in [0.15, 0.2) is 0 Å². The minimum Gasteiger partial charge on any atom is -0.390 e. The summed E-state index contributed by atoms with van der Waals surface area (Å²) in [6, 6.07) is -14.3. The Bertz CT molecular complexity index is 2570. The van der Waals surface area contributed by atoms with Crippen molar-refractivity contribution < 1.29 is 62.1 Å². The van der Waals surface area contributed by atoms with Gasteiger partial charge in [-0.1, -0.05) is 131 Å². The molecule has 1 saturated heterocycles. The van der Waals surface area contributed by atoms with E-state index in [1.54, 1.807) is 41.5 Å². The molecule has 1 fully saturated rings. The topological polar surface area (TPSA) is 299 Å². The number of carbonyl (C=O) groups excluding carboxylic acids is 11. The second-order valence-electron chi connectivity index (χ2n) is 29.0. The van der Waals surface area contributed by atoms with Crippen LogP contribution < -0.4 is 21.3 Å². The summed E-state index contributed by atoms with van der Waals surface area (Å²) in [6.45, 7) is 35.7. The van der Waals surface area contributed by atoms with Crippen LogP contribution >= 0.6 is 0 Å². The molecule has 1 aliphatic heterocycles. The number of hydrogen-bond acceptors (Lipinski definition) is 14. The number of likely N-dealkylation sites (N-methyl/N-ethyl adjacent to an activating group) is 7. The molecule has 0 aliphatic carbocycles. The van der Waals surface area contributed by atoms with Gasteiger partial charge in [0, 0.05) is 72.4 Å². The lowest BCUT2D eigenvalue weighted by Crippen LogP contribution is -2.64. The quantitative estimate of drug-likeness (QED) is 0.0969. The maximum absolute atomic E-state index is 15.4. The van der Waals surface area contributed by atoms with Crippen LogP contribution in [0.15, 0.2) is 0 Å². The van der Waals surface area contributed by atoms with E-state index in [2.05, 4.69) is 26.2 Å². The summed E-state index contributed by atoms with van der Waals surface area (Å²) < 4.78 is 14.3. The molecule has 0 spiro atoms. The molecule has 1 heterocycles. The first kappa shape index (κ1) is 87.3. The van der Waals surface area contributed by atoms with E-state index in [0.717, 1.165) is 16.2 Å². The molecule has 95 heavy (non-hydrogen) atoms. The summed E-state index contributed by atoms with van der Waals surface area (Å²) in [5.74, 6) is -10.5. The Morgan fingerprint density at radius 1 is 0.442 bits per heavy atom. The molecule has 1 unspecified atom stereocenters. The van der Waals surface area contributed by atoms with Crippen LogP contribution in [0, 0.1) is 41.4 Å². The number of rotatable bonds is 23. The highest BCUT2D eigenvalue weighted by atomic mass is 32.2. The van der Waals surface area contributed by atoms with Gasteiger partial charge < -0.3 is 65.6 Å². The molecule has 0 bridgehead atoms. The lowest BCUT2D eigenvalue weighted by Gasteiger charge is -2.41. The molecule has 548 valence electrons. The van der Waals surface area contributed by atoms with Gasteiger partial charge in [0.05, 0.1) is 11.9 Å². The van der Waals surface area contributed by atoms with Crippen molar-refractivity contribution in [1.29, 1.82) is 0 Å². The molecule has 0 aromatic heterocycles. The summed E-state index contributed by atoms with van der Waals surface area (Å²) in [6.07, 6.45) is 0.808. The van der Waals surface area contributed by atoms with Crippen LogP contribution in [-0.2, 0) is 63.5 Å². The van der Waals surface area contributed by atoms with E-state index in [9.17, 15) is 33.3 Å². The Hall–Kier alpha value is -5.76. The first-order chi connectivity index (χ1) is 44.0. The van der Waals surface area contributed by atoms with Gasteiger partial charge in [0.25, 0.3) is 0 Å². The van der Waals surface area contributed by atoms with E-state index in [0.29, 0.717) is 32.5 Å². The number of aliphatic hydroxyl groups is 1. The Labute approximate surface area is 573 Å². The van der Waals surface area contributed by atoms with Crippen molar-refractivity contribution in [3.63, 3.8) is 0 Å². The number of hydrogen-bond donors (Lipinski definition) is 5. The van der Waals surface area contributed by atoms with Crippen molar-refractivity contribution in [2.75, 3.05) is 80.5 Å². The number of carbonyl (C=O) groups is 11. The zero-order valence-corrected chi connectivity index (χ0v) is 63.8. The van der Waals surface area contributed by atoms with Gasteiger partial charge in [0.2, 0.25) is 65.0 Å². The zero-order chi connectivity index (χ0) is 73.5. The van der Waals surface area contributed by atoms with E-state index < -0.39 is 166 Å². The fourth-order valence-corrected chi connectivity index (χ4v) is 13.6. The van der Waals surface area contributed by atoms with Crippen LogP contribution in [0.2, 0.25) is 0 Å². The van der Waals surface area contributed by atoms with Crippen LogP contribution in [0.4, 0.5) is 0 Å². The Morgan fingerprint density at radius 2 is 0.842 bits per heavy atom. The van der Waals surface area contributed by atoms with Crippen LogP contribution in [0.3, 0.4) is 0 Å². The van der Waals surface area contributed by atoms with Gasteiger partial charge in [-0.25, -0.2) is 0 Å². The van der Waals surface area contributed by atoms with E-state index in [4.69, 9.17) is 0 Å². The molecule has 0 radical (unpaired) electrons. The van der Waals surface area contributed by atoms with Crippen molar-refractivity contribution in [2.24, 2.45) is 41.4 Å². The molecular weight excluding hydrogens is 1240 g/mol. The third-order valence-corrected chi connectivity index (χ3v) is 19.9. The Morgan fingerprint density at radius 3 is 1.28 bits per heavy atom. The van der Waals surface area contributed by atoms with Gasteiger partial charge in [-0.2, -0.15) is 0 Å². The lowest BCUT2D eigenvalue weighted by molar-refractivity contribution is -0.157. The molecule has 11 amide bonds. The first-order valence-corrected chi connectivity index (χ1v) is 36.3. The van der Waals surface area contributed by atoms with Crippen molar-refractivity contribution in [3.05, 3.63) is 0 Å². The number of amides is 11. The third kappa shape index (κ3) is 25.2. The molecule has 0 saturated carbocycles. The molecular formula is C69H128N12O13S. The summed E-state index contributed by atoms with van der Waals surface area (Å²) >= 11 is 0. The minimum atomic E-state index is -1.74. The van der Waals surface area contributed by atoms with Gasteiger partial charge >= 0.3 is 0 Å². The first-order valence-electron chi connectivity index (χ1n) is 34.8. The van der Waals surface area contributed by atoms with E-state index in [1.807, 2.05) is 76.2 Å². The van der Waals surface area contributed by atoms with Crippen molar-refractivity contribution >= 4 is 75.8 Å². The third-order valence-electron chi connectivity index (χ3n) is 18.5. The largest absolute Gasteiger partial charge is 0.390 e. The Balaban J connectivity index is 4.59. The number of aliphatic hydroxyl groups excluding tert-OH is 1. The standard InChI is InChI=1S/C69H128N12O13S/c1-27-31-32-46(17)58(82)57-62(86)72-49(28-2)64(88)78(24)54(39-95(94)34-33-81(29-3)30-4)67(91)74(20)51(36-41(7)8)61(85)73-55(44(13)14)68(92)75(21)50(35-40(5)6)60(84)70-47(18)59(83)71-48(19)63(87)76(22)52(37-42(9)10)65(89)77(23)53(38-43(11)12)66(90)79(25)56(45(15)16)69(93)80(57)26/h40-58,82H,27-39H2,1-26H3,(H,70,84)(H,71,83)(H,72,86)(H,73,85)/t46-,47-,48+,49-,50-,51+,52-,53-,54-,55-,56-,57-,58-,95?/m1/s1. The SMILES string of the molecule is CCCC[C@@H](C)[C@@H](O)[C@@H]1C(=O)N[C@H](CC)C(=O)N(C)[C@H](CS(=O)CCN(CC)CC)C(=O)N(C)[C@@H](CC(C)C)C(=O)N[C@H](C(C)C)C(=O)N(C)[C@H](CC(C)C)C(=O)N[C@H](C)C(=O)N[C@@H](C)C(=O)N(C)[C@H](CC(C)C)C(=O)N(C)[C@H](CC(C)C)C(=O)N(C)[C@H](C(C)C)C(=O)N1C. The number of nitrogens with zero attached hydrogens (tertiary/aromatic N) is 8. The van der Waals surface area contributed by atoms with Crippen molar-refractivity contribution in [1.82, 2.24) is 60.5 Å². The van der Waals surface area contributed by atoms with Gasteiger partial charge in [-0.05, 0) is 107 Å². The normalized spacial score (nSPS) is 26.4. The van der Waals surface area contributed by atoms with Crippen LogP contribution in [0.25, 0.3) is 0 Å². The molecule has 0 aromatic carbocycles. The molecule has 1 aliphatic rings. The molecule has 26 heteroatoms. The predicted molar refractivity (Wildman–Crippen MR) is 373 cm³/mol. The summed E-state index contributed by atoms with van der Waals surface area (Å²) in [4.78, 5) is 175. The zero-order valence-electron chi connectivity index (χ0n) is 63.0. The highest BCUT2D eigenvalue weighted by molar-refractivity contribution is 7.85. The van der Waals surface area contributed by atoms with Gasteiger partial charge in [0.1, 0.15) is 66.5 Å². The summed E-state index contributed by atoms with van der Waals surface area (Å²) in [5, 5.41) is 23.5. The molecule has 5 N–H and O–H groups in total. The smallest absolute Gasteiger partial charge is 0.246 e. The van der Waals surface area contributed by atoms with Gasteiger partial charge in [-0.3, -0.25) is 56.9 Å². The maximum atomic E-state index is 15.4. The number of nitrogens with one attached hydrogen (secondary N) is 4. The fraction of sp³-hybridized carbons (Fsp3) is 0.841.